The van der Waals surface area contributed by atoms with Crippen molar-refractivity contribution < 1.29 is 23.3 Å². The van der Waals surface area contributed by atoms with Crippen molar-refractivity contribution in [2.24, 2.45) is 35.5 Å². The number of fused-ring (bicyclic) bond motifs is 2. The van der Waals surface area contributed by atoms with Gasteiger partial charge in [0.2, 0.25) is 0 Å². The van der Waals surface area contributed by atoms with Crippen molar-refractivity contribution in [1.82, 2.24) is 0 Å². The second-order valence-corrected chi connectivity index (χ2v) is 20.4. The van der Waals surface area contributed by atoms with Crippen molar-refractivity contribution in [1.29, 1.82) is 0 Å². The maximum atomic E-state index is 3.25. The Hall–Kier alpha value is -2.22. The summed E-state index contributed by atoms with van der Waals surface area (Å²) in [7, 11) is 0. The van der Waals surface area contributed by atoms with Gasteiger partial charge in [-0.15, -0.1) is 81.8 Å². The first-order valence-corrected chi connectivity index (χ1v) is 28.1. The van der Waals surface area contributed by atoms with Crippen molar-refractivity contribution in [3.05, 3.63) is 144 Å². The third-order valence-corrected chi connectivity index (χ3v) is 16.2. The fourth-order valence-corrected chi connectivity index (χ4v) is 14.8. The normalized spacial score (nSPS) is 27.6. The summed E-state index contributed by atoms with van der Waals surface area (Å²) < 4.78 is 0. The molecule has 6 aromatic carbocycles. The summed E-state index contributed by atoms with van der Waals surface area (Å²) in [5.74, 6) is 6.08. The van der Waals surface area contributed by atoms with Gasteiger partial charge in [-0.05, 0) is 166 Å². The van der Waals surface area contributed by atoms with Gasteiger partial charge in [-0.2, -0.15) is 26.0 Å². The van der Waals surface area contributed by atoms with Gasteiger partial charge < -0.3 is 13.8 Å². The number of hydrogen-bond acceptors (Lipinski definition) is 0. The van der Waals surface area contributed by atoms with Gasteiger partial charge in [-0.3, -0.25) is 0 Å². The van der Waals surface area contributed by atoms with E-state index < -0.39 is 0 Å². The first-order chi connectivity index (χ1) is 29.7. The van der Waals surface area contributed by atoms with E-state index in [2.05, 4.69) is 145 Å². The van der Waals surface area contributed by atoms with Gasteiger partial charge in [0.05, 0.1) is 0 Å². The van der Waals surface area contributed by atoms with E-state index in [-0.39, 0.29) is 24.8 Å². The molecule has 0 atom stereocenters. The molecule has 8 aliphatic rings. The van der Waals surface area contributed by atoms with Gasteiger partial charge in [0.1, 0.15) is 0 Å². The van der Waals surface area contributed by atoms with Crippen molar-refractivity contribution in [2.45, 2.75) is 136 Å². The summed E-state index contributed by atoms with van der Waals surface area (Å²) in [6.07, 6.45) is 19.0. The van der Waals surface area contributed by atoms with E-state index in [9.17, 15) is 0 Å². The van der Waals surface area contributed by atoms with Crippen molar-refractivity contribution in [3.8, 4) is 22.3 Å². The fraction of sp³-hybridized carbons (Fsp3) is 0.458. The molecule has 0 amide bonds. The zero-order valence-electron chi connectivity index (χ0n) is 39.1. The molecule has 0 aliphatic heterocycles. The molecule has 0 saturated heterocycles. The van der Waals surface area contributed by atoms with Crippen LogP contribution in [0.1, 0.15) is 131 Å². The summed E-state index contributed by atoms with van der Waals surface area (Å²) in [5.41, 5.74) is 15.4. The van der Waals surface area contributed by atoms with Crippen LogP contribution < -0.4 is 0 Å². The molecule has 0 unspecified atom stereocenters. The molecule has 8 fully saturated rings. The SMILES string of the molecule is CCc1cc2c(-c3ccc(C45CC6CC(CC(C6)C4)C5)cc3)cc(C)cc2[cH-]1.Cc1cc(-c2ccc(C34CC5CC(CC(C5)C3)C4)cc2)c2cc(C)[cH-]c2c1.Cl.Cl.[CH2-]C.[CH2-]C.[Si]=[Zr]. The molecule has 334 valence electrons. The Labute approximate surface area is 411 Å². The van der Waals surface area contributed by atoms with Crippen molar-refractivity contribution in [3.63, 3.8) is 0 Å². The fourth-order valence-electron chi connectivity index (χ4n) is 14.8. The zero-order chi connectivity index (χ0) is 43.1. The molecule has 8 bridgehead atoms. The molecule has 8 aliphatic carbocycles. The van der Waals surface area contributed by atoms with Gasteiger partial charge in [-0.1, -0.05) is 96.8 Å². The topological polar surface area (TPSA) is 0 Å². The van der Waals surface area contributed by atoms with E-state index in [1.807, 2.05) is 0 Å². The predicted octanol–water partition coefficient (Wildman–Crippen LogP) is 17.0. The Bertz CT molecular complexity index is 2360. The van der Waals surface area contributed by atoms with E-state index in [0.29, 0.717) is 10.8 Å². The van der Waals surface area contributed by atoms with Crippen LogP contribution in [0, 0.1) is 70.1 Å². The van der Waals surface area contributed by atoms with E-state index in [4.69, 9.17) is 0 Å². The molecule has 0 aromatic heterocycles. The number of benzene rings is 4. The minimum atomic E-state index is 0. The van der Waals surface area contributed by atoms with Crippen LogP contribution in [0.25, 0.3) is 43.8 Å². The van der Waals surface area contributed by atoms with Crippen molar-refractivity contribution >= 4 is 53.2 Å². The van der Waals surface area contributed by atoms with Crippen LogP contribution in [0.3, 0.4) is 0 Å². The van der Waals surface area contributed by atoms with E-state index in [1.165, 1.54) is 166 Å². The van der Waals surface area contributed by atoms with Crippen LogP contribution >= 0.6 is 24.8 Å². The van der Waals surface area contributed by atoms with Crippen molar-refractivity contribution in [2.75, 3.05) is 0 Å². The minimum absolute atomic E-state index is 0. The van der Waals surface area contributed by atoms with Crippen LogP contribution in [-0.4, -0.2) is 6.88 Å². The first-order valence-electron chi connectivity index (χ1n) is 24.0. The van der Waals surface area contributed by atoms with E-state index >= 15 is 0 Å². The average molecular weight is 971 g/mol. The van der Waals surface area contributed by atoms with Crippen LogP contribution in [0.4, 0.5) is 0 Å². The summed E-state index contributed by atoms with van der Waals surface area (Å²) >= 11 is 1.36. The number of halogens is 2. The molecule has 4 heteroatoms. The molecule has 63 heavy (non-hydrogen) atoms. The quantitative estimate of drug-likeness (QED) is 0.119. The Morgan fingerprint density at radius 1 is 0.508 bits per heavy atom. The van der Waals surface area contributed by atoms with Gasteiger partial charge in [0, 0.05) is 0 Å². The third kappa shape index (κ3) is 9.93. The molecule has 0 heterocycles. The van der Waals surface area contributed by atoms with Gasteiger partial charge in [-0.25, -0.2) is 0 Å². The van der Waals surface area contributed by atoms with Crippen LogP contribution in [0.5, 0.6) is 0 Å². The number of rotatable bonds is 5. The van der Waals surface area contributed by atoms with Gasteiger partial charge in [0.25, 0.3) is 0 Å². The molecule has 0 N–H and O–H groups in total. The van der Waals surface area contributed by atoms with Crippen LogP contribution in [-0.2, 0) is 40.6 Å². The summed E-state index contributed by atoms with van der Waals surface area (Å²) in [4.78, 5) is 0. The zero-order valence-corrected chi connectivity index (χ0v) is 44.2. The number of hydrogen-bond donors (Lipinski definition) is 0. The summed E-state index contributed by atoms with van der Waals surface area (Å²) in [6.45, 7) is 22.0. The van der Waals surface area contributed by atoms with Crippen LogP contribution in [0.2, 0.25) is 0 Å². The first kappa shape index (κ1) is 50.2. The Morgan fingerprint density at radius 3 is 1.19 bits per heavy atom. The molecule has 8 saturated carbocycles. The van der Waals surface area contributed by atoms with E-state index in [1.54, 1.807) is 25.0 Å². The van der Waals surface area contributed by atoms with Crippen LogP contribution in [0.15, 0.2) is 97.1 Å². The number of aryl methyl sites for hydroxylation is 4. The molecule has 0 spiro atoms. The summed E-state index contributed by atoms with van der Waals surface area (Å²) in [6, 6.07) is 38.4. The maximum absolute atomic E-state index is 3.25. The molecule has 14 rings (SSSR count). The van der Waals surface area contributed by atoms with Gasteiger partial charge >= 0.3 is 30.2 Å². The van der Waals surface area contributed by atoms with Gasteiger partial charge in [0.15, 0.2) is 0 Å². The Balaban J connectivity index is 0.000000183. The molecule has 2 radical (unpaired) electrons. The monoisotopic (exact) mass is 968 g/mol. The molecular formula is C59H72Cl2SiZr-4. The predicted molar refractivity (Wildman–Crippen MR) is 276 cm³/mol. The second kappa shape index (κ2) is 21.2. The standard InChI is InChI=1S/C28H31.C27H29.2C2H5.2ClH.Si.Zr/c1-3-19-13-24-8-18(2)9-26(27(24)14-19)23-4-6-25(7-5-23)28-15-20-10-21(16-28)12-22(11-20)17-28;1-17-7-23-8-18(2)10-26(23)25(9-17)22-3-5-24(6-4-22)27-14-19-11-20(15-27)13-21(12-19)16-27;2*1-2;;;;/h4-9,13-14,20-22H,3,10-12,15-17H2,1-2H3;3-10,19-21H,11-16H2,1-2H3;2*1H2,2H3;2*1H;;/q4*-1;;;;. The molecule has 0 nitrogen and oxygen atoms in total. The molecule has 6 aromatic rings. The Morgan fingerprint density at radius 2 is 0.841 bits per heavy atom. The Kier molecular flexibility index (Phi) is 16.9. The summed E-state index contributed by atoms with van der Waals surface area (Å²) in [5, 5.41) is 5.61. The average Bonchev–Trinajstić information content (AvgIpc) is 3.87. The van der Waals surface area contributed by atoms with E-state index in [0.717, 1.165) is 41.9 Å². The third-order valence-electron chi connectivity index (χ3n) is 16.2. The molecular weight excluding hydrogens is 899 g/mol. The second-order valence-electron chi connectivity index (χ2n) is 20.4.